The number of hydrogen-bond acceptors (Lipinski definition) is 3. The number of nitrogens with one attached hydrogen (secondary N) is 1. The number of aliphatic hydroxyl groups excluding tert-OH is 1. The van der Waals surface area contributed by atoms with Crippen LogP contribution in [0.2, 0.25) is 0 Å². The lowest BCUT2D eigenvalue weighted by Gasteiger charge is -2.49. The van der Waals surface area contributed by atoms with Crippen molar-refractivity contribution in [1.29, 1.82) is 0 Å². The molecule has 2 saturated carbocycles. The van der Waals surface area contributed by atoms with E-state index in [-0.39, 0.29) is 6.10 Å². The third-order valence-corrected chi connectivity index (χ3v) is 5.91. The first-order chi connectivity index (χ1) is 9.67. The highest BCUT2D eigenvalue weighted by Crippen LogP contribution is 2.35. The third kappa shape index (κ3) is 3.37. The van der Waals surface area contributed by atoms with Gasteiger partial charge in [0.2, 0.25) is 0 Å². The van der Waals surface area contributed by atoms with Crippen LogP contribution in [0.1, 0.15) is 52.4 Å². The van der Waals surface area contributed by atoms with E-state index in [1.54, 1.807) is 0 Å². The van der Waals surface area contributed by atoms with Gasteiger partial charge in [-0.25, -0.2) is 0 Å². The average molecular weight is 280 g/mol. The van der Waals surface area contributed by atoms with Crippen molar-refractivity contribution in [2.45, 2.75) is 70.6 Å². The Bertz CT molecular complexity index is 318. The van der Waals surface area contributed by atoms with Gasteiger partial charge in [-0.3, -0.25) is 4.90 Å². The summed E-state index contributed by atoms with van der Waals surface area (Å²) < 4.78 is 0. The summed E-state index contributed by atoms with van der Waals surface area (Å²) in [4.78, 5) is 2.69. The summed E-state index contributed by atoms with van der Waals surface area (Å²) in [5.74, 6) is 2.28. The van der Waals surface area contributed by atoms with Gasteiger partial charge in [0.25, 0.3) is 0 Å². The number of nitrogens with zero attached hydrogens (tertiary/aromatic N) is 1. The fourth-order valence-corrected chi connectivity index (χ4v) is 4.05. The zero-order chi connectivity index (χ0) is 14.1. The van der Waals surface area contributed by atoms with Gasteiger partial charge >= 0.3 is 0 Å². The first kappa shape index (κ1) is 14.8. The zero-order valence-corrected chi connectivity index (χ0v) is 13.2. The van der Waals surface area contributed by atoms with E-state index in [0.29, 0.717) is 12.0 Å². The lowest BCUT2D eigenvalue weighted by Crippen LogP contribution is -2.58. The quantitative estimate of drug-likeness (QED) is 0.783. The van der Waals surface area contributed by atoms with Gasteiger partial charge in [-0.05, 0) is 62.8 Å². The zero-order valence-electron chi connectivity index (χ0n) is 13.2. The van der Waals surface area contributed by atoms with Crippen LogP contribution >= 0.6 is 0 Å². The van der Waals surface area contributed by atoms with Crippen molar-refractivity contribution >= 4 is 0 Å². The molecule has 0 radical (unpaired) electrons. The van der Waals surface area contributed by atoms with Gasteiger partial charge in [0.1, 0.15) is 0 Å². The maximum absolute atomic E-state index is 10.3. The van der Waals surface area contributed by atoms with E-state index < -0.39 is 0 Å². The molecule has 2 aliphatic carbocycles. The highest BCUT2D eigenvalue weighted by molar-refractivity contribution is 4.94. The Morgan fingerprint density at radius 2 is 2.00 bits per heavy atom. The Labute approximate surface area is 124 Å². The molecular weight excluding hydrogens is 248 g/mol. The van der Waals surface area contributed by atoms with Crippen molar-refractivity contribution in [3.05, 3.63) is 0 Å². The summed E-state index contributed by atoms with van der Waals surface area (Å²) in [6, 6.07) is 1.38. The van der Waals surface area contributed by atoms with Gasteiger partial charge < -0.3 is 10.4 Å². The molecule has 20 heavy (non-hydrogen) atoms. The molecule has 0 bridgehead atoms. The predicted octanol–water partition coefficient (Wildman–Crippen LogP) is 2.25. The Morgan fingerprint density at radius 3 is 2.55 bits per heavy atom. The third-order valence-electron chi connectivity index (χ3n) is 5.91. The predicted molar refractivity (Wildman–Crippen MR) is 82.7 cm³/mol. The van der Waals surface area contributed by atoms with E-state index in [1.807, 2.05) is 0 Å². The fraction of sp³-hybridized carbons (Fsp3) is 1.00. The number of likely N-dealkylation sites (tertiary alicyclic amines) is 1. The van der Waals surface area contributed by atoms with Crippen molar-refractivity contribution in [2.75, 3.05) is 19.6 Å². The van der Waals surface area contributed by atoms with E-state index in [0.717, 1.165) is 30.8 Å². The molecule has 5 unspecified atom stereocenters. The molecule has 0 spiro atoms. The standard InChI is InChI=1S/C17H32N2O/c1-3-17(20)14-8-15(18-9-13-5-6-13)11-19(10-14)16-7-4-12(16)2/h12-18,20H,3-11H2,1-2H3. The Balaban J connectivity index is 1.58. The average Bonchev–Trinajstić information content (AvgIpc) is 3.26. The minimum absolute atomic E-state index is 0.113. The number of hydrogen-bond donors (Lipinski definition) is 2. The minimum atomic E-state index is -0.113. The van der Waals surface area contributed by atoms with Gasteiger partial charge in [0.15, 0.2) is 0 Å². The molecule has 0 amide bonds. The van der Waals surface area contributed by atoms with E-state index in [2.05, 4.69) is 24.1 Å². The molecule has 0 aromatic rings. The molecule has 3 fully saturated rings. The highest BCUT2D eigenvalue weighted by Gasteiger charge is 2.39. The molecule has 5 atom stereocenters. The van der Waals surface area contributed by atoms with Crippen molar-refractivity contribution in [2.24, 2.45) is 17.8 Å². The van der Waals surface area contributed by atoms with Gasteiger partial charge in [-0.2, -0.15) is 0 Å². The summed E-state index contributed by atoms with van der Waals surface area (Å²) in [5.41, 5.74) is 0. The Hall–Kier alpha value is -0.120. The Morgan fingerprint density at radius 1 is 1.20 bits per heavy atom. The highest BCUT2D eigenvalue weighted by atomic mass is 16.3. The summed E-state index contributed by atoms with van der Waals surface area (Å²) in [6.07, 6.45) is 7.55. The summed E-state index contributed by atoms with van der Waals surface area (Å²) in [7, 11) is 0. The van der Waals surface area contributed by atoms with E-state index >= 15 is 0 Å². The van der Waals surface area contributed by atoms with Crippen LogP contribution in [0.4, 0.5) is 0 Å². The first-order valence-corrected chi connectivity index (χ1v) is 8.82. The molecule has 3 rings (SSSR count). The second-order valence-corrected chi connectivity index (χ2v) is 7.60. The monoisotopic (exact) mass is 280 g/mol. The molecule has 1 aliphatic heterocycles. The summed E-state index contributed by atoms with van der Waals surface area (Å²) in [5, 5.41) is 14.1. The lowest BCUT2D eigenvalue weighted by atomic mass is 9.77. The maximum Gasteiger partial charge on any atom is 0.0578 e. The lowest BCUT2D eigenvalue weighted by molar-refractivity contribution is -0.0161. The van der Waals surface area contributed by atoms with Gasteiger partial charge in [0, 0.05) is 25.2 Å². The topological polar surface area (TPSA) is 35.5 Å². The van der Waals surface area contributed by atoms with Crippen LogP contribution < -0.4 is 5.32 Å². The second kappa shape index (κ2) is 6.33. The molecule has 3 nitrogen and oxygen atoms in total. The normalized spacial score (nSPS) is 40.4. The second-order valence-electron chi connectivity index (χ2n) is 7.60. The molecular formula is C17H32N2O. The minimum Gasteiger partial charge on any atom is -0.393 e. The molecule has 0 aromatic heterocycles. The summed E-state index contributed by atoms with van der Waals surface area (Å²) >= 11 is 0. The van der Waals surface area contributed by atoms with Crippen LogP contribution in [0, 0.1) is 17.8 Å². The van der Waals surface area contributed by atoms with Crippen LogP contribution in [0.25, 0.3) is 0 Å². The maximum atomic E-state index is 10.3. The SMILES string of the molecule is CCC(O)C1CC(NCC2CC2)CN(C2CCC2C)C1. The van der Waals surface area contributed by atoms with Crippen LogP contribution in [-0.4, -0.2) is 47.8 Å². The van der Waals surface area contributed by atoms with Crippen LogP contribution in [0.5, 0.6) is 0 Å². The Kier molecular flexibility index (Phi) is 4.68. The van der Waals surface area contributed by atoms with Gasteiger partial charge in [0.05, 0.1) is 6.10 Å². The fourth-order valence-electron chi connectivity index (χ4n) is 4.05. The van der Waals surface area contributed by atoms with E-state index in [1.165, 1.54) is 45.2 Å². The van der Waals surface area contributed by atoms with Gasteiger partial charge in [-0.15, -0.1) is 0 Å². The van der Waals surface area contributed by atoms with Gasteiger partial charge in [-0.1, -0.05) is 13.8 Å². The number of aliphatic hydroxyl groups is 1. The molecule has 2 N–H and O–H groups in total. The summed E-state index contributed by atoms with van der Waals surface area (Å²) in [6.45, 7) is 8.02. The largest absolute Gasteiger partial charge is 0.393 e. The molecule has 3 heteroatoms. The van der Waals surface area contributed by atoms with E-state index in [4.69, 9.17) is 0 Å². The van der Waals surface area contributed by atoms with Crippen LogP contribution in [0.3, 0.4) is 0 Å². The van der Waals surface area contributed by atoms with Crippen molar-refractivity contribution in [3.8, 4) is 0 Å². The van der Waals surface area contributed by atoms with Crippen molar-refractivity contribution in [3.63, 3.8) is 0 Å². The van der Waals surface area contributed by atoms with Crippen molar-refractivity contribution in [1.82, 2.24) is 10.2 Å². The smallest absolute Gasteiger partial charge is 0.0578 e. The van der Waals surface area contributed by atoms with Crippen LogP contribution in [-0.2, 0) is 0 Å². The van der Waals surface area contributed by atoms with Crippen LogP contribution in [0.15, 0.2) is 0 Å². The van der Waals surface area contributed by atoms with Crippen molar-refractivity contribution < 1.29 is 5.11 Å². The molecule has 1 heterocycles. The molecule has 0 aromatic carbocycles. The molecule has 1 saturated heterocycles. The first-order valence-electron chi connectivity index (χ1n) is 8.82. The number of rotatable bonds is 6. The molecule has 3 aliphatic rings. The molecule has 116 valence electrons. The van der Waals surface area contributed by atoms with E-state index in [9.17, 15) is 5.11 Å². The number of piperidine rings is 1.